The molecule has 5 heteroatoms. The van der Waals surface area contributed by atoms with E-state index in [1.807, 2.05) is 0 Å². The van der Waals surface area contributed by atoms with Crippen LogP contribution < -0.4 is 5.32 Å². The van der Waals surface area contributed by atoms with Gasteiger partial charge in [-0.15, -0.1) is 11.6 Å². The number of benzene rings is 1. The van der Waals surface area contributed by atoms with Gasteiger partial charge in [0.25, 0.3) is 5.91 Å². The van der Waals surface area contributed by atoms with Gasteiger partial charge >= 0.3 is 0 Å². The van der Waals surface area contributed by atoms with Gasteiger partial charge in [-0.1, -0.05) is 36.0 Å². The third kappa shape index (κ3) is 4.03. The number of hydrogen-bond acceptors (Lipinski definition) is 1. The van der Waals surface area contributed by atoms with Gasteiger partial charge in [-0.25, -0.2) is 0 Å². The fraction of sp³-hybridized carbons (Fsp3) is 0.533. The lowest BCUT2D eigenvalue weighted by atomic mass is 9.80. The van der Waals surface area contributed by atoms with Crippen LogP contribution in [0.1, 0.15) is 36.0 Å². The first-order valence-electron chi connectivity index (χ1n) is 6.91. The summed E-state index contributed by atoms with van der Waals surface area (Å²) >= 11 is 17.9. The van der Waals surface area contributed by atoms with E-state index in [1.165, 1.54) is 12.8 Å². The zero-order valence-electron chi connectivity index (χ0n) is 11.2. The molecule has 110 valence electrons. The van der Waals surface area contributed by atoms with Crippen molar-refractivity contribution in [3.8, 4) is 0 Å². The van der Waals surface area contributed by atoms with Gasteiger partial charge in [-0.3, -0.25) is 4.79 Å². The third-order valence-corrected chi connectivity index (χ3v) is 4.91. The Balaban J connectivity index is 1.94. The smallest absolute Gasteiger partial charge is 0.252 e. The van der Waals surface area contributed by atoms with E-state index in [0.717, 1.165) is 12.8 Å². The van der Waals surface area contributed by atoms with Gasteiger partial charge in [0.05, 0.1) is 10.6 Å². The molecule has 20 heavy (non-hydrogen) atoms. The first-order valence-corrected chi connectivity index (χ1v) is 8.20. The zero-order chi connectivity index (χ0) is 14.5. The van der Waals surface area contributed by atoms with Crippen LogP contribution in [0.5, 0.6) is 0 Å². The minimum atomic E-state index is -0.148. The van der Waals surface area contributed by atoms with Crippen LogP contribution in [0.25, 0.3) is 0 Å². The van der Waals surface area contributed by atoms with Crippen molar-refractivity contribution in [3.63, 3.8) is 0 Å². The van der Waals surface area contributed by atoms with Crippen molar-refractivity contribution >= 4 is 40.7 Å². The molecule has 1 aliphatic carbocycles. The summed E-state index contributed by atoms with van der Waals surface area (Å²) in [5.41, 5.74) is 0.467. The van der Waals surface area contributed by atoms with E-state index in [-0.39, 0.29) is 5.91 Å². The molecule has 1 amide bonds. The highest BCUT2D eigenvalue weighted by atomic mass is 35.5. The first-order chi connectivity index (χ1) is 9.61. The number of carbonyl (C=O) groups is 1. The van der Waals surface area contributed by atoms with Gasteiger partial charge in [0.1, 0.15) is 0 Å². The molecule has 2 unspecified atom stereocenters. The molecule has 2 nitrogen and oxygen atoms in total. The average Bonchev–Trinajstić information content (AvgIpc) is 2.45. The highest BCUT2D eigenvalue weighted by Gasteiger charge is 2.25. The number of hydrogen-bond donors (Lipinski definition) is 1. The number of halogens is 3. The molecule has 0 spiro atoms. The van der Waals surface area contributed by atoms with Crippen molar-refractivity contribution in [3.05, 3.63) is 33.8 Å². The van der Waals surface area contributed by atoms with Crippen molar-refractivity contribution in [2.24, 2.45) is 11.8 Å². The predicted molar refractivity (Wildman–Crippen MR) is 85.0 cm³/mol. The topological polar surface area (TPSA) is 29.1 Å². The van der Waals surface area contributed by atoms with Gasteiger partial charge in [0.2, 0.25) is 0 Å². The summed E-state index contributed by atoms with van der Waals surface area (Å²) in [6.45, 7) is 0.662. The van der Waals surface area contributed by atoms with Gasteiger partial charge in [-0.2, -0.15) is 0 Å². The van der Waals surface area contributed by atoms with Crippen LogP contribution in [0.2, 0.25) is 10.0 Å². The van der Waals surface area contributed by atoms with Crippen molar-refractivity contribution in [2.75, 3.05) is 12.4 Å². The van der Waals surface area contributed by atoms with Crippen molar-refractivity contribution in [2.45, 2.75) is 25.7 Å². The minimum absolute atomic E-state index is 0.148. The second-order valence-electron chi connectivity index (χ2n) is 5.29. The second-order valence-corrected chi connectivity index (χ2v) is 6.45. The molecule has 1 fully saturated rings. The highest BCUT2D eigenvalue weighted by molar-refractivity contribution is 6.36. The van der Waals surface area contributed by atoms with Gasteiger partial charge in [0.15, 0.2) is 0 Å². The predicted octanol–water partition coefficient (Wildman–Crippen LogP) is 4.77. The number of nitrogens with one attached hydrogen (secondary N) is 1. The van der Waals surface area contributed by atoms with Crippen molar-refractivity contribution in [1.29, 1.82) is 0 Å². The summed E-state index contributed by atoms with van der Waals surface area (Å²) in [6.07, 6.45) is 4.75. The number of carbonyl (C=O) groups excluding carboxylic acids is 1. The van der Waals surface area contributed by atoms with Crippen LogP contribution in [0.3, 0.4) is 0 Å². The molecule has 2 atom stereocenters. The Labute approximate surface area is 134 Å². The molecular weight excluding hydrogens is 317 g/mol. The monoisotopic (exact) mass is 333 g/mol. The maximum Gasteiger partial charge on any atom is 0.252 e. The van der Waals surface area contributed by atoms with Crippen LogP contribution in [-0.2, 0) is 0 Å². The summed E-state index contributed by atoms with van der Waals surface area (Å²) in [5, 5.41) is 3.88. The number of amides is 1. The summed E-state index contributed by atoms with van der Waals surface area (Å²) in [5.74, 6) is 1.50. The maximum absolute atomic E-state index is 12.1. The molecule has 1 aromatic rings. The molecule has 0 heterocycles. The van der Waals surface area contributed by atoms with Crippen LogP contribution in [-0.4, -0.2) is 18.3 Å². The lowest BCUT2D eigenvalue weighted by molar-refractivity contribution is 0.0937. The van der Waals surface area contributed by atoms with E-state index in [2.05, 4.69) is 5.32 Å². The van der Waals surface area contributed by atoms with Gasteiger partial charge < -0.3 is 5.32 Å². The fourth-order valence-electron chi connectivity index (χ4n) is 2.75. The lowest BCUT2D eigenvalue weighted by Gasteiger charge is -2.30. The number of alkyl halides is 1. The second kappa shape index (κ2) is 7.53. The summed E-state index contributed by atoms with van der Waals surface area (Å²) in [6, 6.07) is 4.91. The van der Waals surface area contributed by atoms with Gasteiger partial charge in [-0.05, 0) is 42.9 Å². The van der Waals surface area contributed by atoms with Crippen LogP contribution in [0, 0.1) is 11.8 Å². The van der Waals surface area contributed by atoms with E-state index >= 15 is 0 Å². The van der Waals surface area contributed by atoms with E-state index in [4.69, 9.17) is 34.8 Å². The summed E-state index contributed by atoms with van der Waals surface area (Å²) in [7, 11) is 0. The van der Waals surface area contributed by atoms with Gasteiger partial charge in [0, 0.05) is 17.4 Å². The highest BCUT2D eigenvalue weighted by Crippen LogP contribution is 2.30. The molecule has 1 aromatic carbocycles. The summed E-state index contributed by atoms with van der Waals surface area (Å²) in [4.78, 5) is 12.1. The largest absolute Gasteiger partial charge is 0.352 e. The Morgan fingerprint density at radius 2 is 1.90 bits per heavy atom. The van der Waals surface area contributed by atoms with Crippen LogP contribution in [0.4, 0.5) is 0 Å². The molecule has 0 saturated heterocycles. The quantitative estimate of drug-likeness (QED) is 0.790. The Morgan fingerprint density at radius 1 is 1.20 bits per heavy atom. The third-order valence-electron chi connectivity index (χ3n) is 3.97. The molecular formula is C15H18Cl3NO. The minimum Gasteiger partial charge on any atom is -0.352 e. The van der Waals surface area contributed by atoms with E-state index in [9.17, 15) is 4.79 Å². The molecule has 0 bridgehead atoms. The molecule has 0 aliphatic heterocycles. The fourth-order valence-corrected chi connectivity index (χ4v) is 3.65. The number of rotatable bonds is 4. The standard InChI is InChI=1S/C15H18Cl3NO/c16-8-10-3-1-2-4-11(10)9-19-15(20)13-6-5-12(17)7-14(13)18/h5-7,10-11H,1-4,8-9H2,(H,19,20). The Bertz CT molecular complexity index is 478. The average molecular weight is 335 g/mol. The van der Waals surface area contributed by atoms with E-state index in [0.29, 0.717) is 39.9 Å². The normalized spacial score (nSPS) is 22.6. The lowest BCUT2D eigenvalue weighted by Crippen LogP contribution is -2.35. The summed E-state index contributed by atoms with van der Waals surface area (Å²) < 4.78 is 0. The molecule has 1 aliphatic rings. The van der Waals surface area contributed by atoms with Crippen molar-refractivity contribution in [1.82, 2.24) is 5.32 Å². The van der Waals surface area contributed by atoms with Crippen LogP contribution in [0.15, 0.2) is 18.2 Å². The molecule has 1 N–H and O–H groups in total. The zero-order valence-corrected chi connectivity index (χ0v) is 13.4. The molecule has 0 aromatic heterocycles. The van der Waals surface area contributed by atoms with E-state index < -0.39 is 0 Å². The van der Waals surface area contributed by atoms with Crippen LogP contribution >= 0.6 is 34.8 Å². The van der Waals surface area contributed by atoms with Crippen molar-refractivity contribution < 1.29 is 4.79 Å². The Hall–Kier alpha value is -0.440. The molecule has 2 rings (SSSR count). The maximum atomic E-state index is 12.1. The Kier molecular flexibility index (Phi) is 6.01. The van der Waals surface area contributed by atoms with E-state index in [1.54, 1.807) is 18.2 Å². The molecule has 0 radical (unpaired) electrons. The first kappa shape index (κ1) is 15.9. The molecule has 1 saturated carbocycles. The SMILES string of the molecule is O=C(NCC1CCCCC1CCl)c1ccc(Cl)cc1Cl. The Morgan fingerprint density at radius 3 is 2.55 bits per heavy atom.